The van der Waals surface area contributed by atoms with Gasteiger partial charge in [-0.25, -0.2) is 4.79 Å². The Balaban J connectivity index is 0.00000484. The van der Waals surface area contributed by atoms with Crippen LogP contribution in [-0.2, 0) is 14.3 Å². The quantitative estimate of drug-likeness (QED) is 0.665. The molecule has 0 heterocycles. The van der Waals surface area contributed by atoms with Crippen molar-refractivity contribution in [1.29, 1.82) is 0 Å². The van der Waals surface area contributed by atoms with E-state index in [0.29, 0.717) is 11.3 Å². The molecule has 7 nitrogen and oxygen atoms in total. The van der Waals surface area contributed by atoms with E-state index in [1.54, 1.807) is 18.2 Å². The van der Waals surface area contributed by atoms with Crippen molar-refractivity contribution in [3.63, 3.8) is 0 Å². The summed E-state index contributed by atoms with van der Waals surface area (Å²) in [5.41, 5.74) is 6.44. The van der Waals surface area contributed by atoms with Crippen molar-refractivity contribution in [3.05, 3.63) is 29.8 Å². The summed E-state index contributed by atoms with van der Waals surface area (Å²) in [5.74, 6) is -1.30. The van der Waals surface area contributed by atoms with Gasteiger partial charge in [0.15, 0.2) is 0 Å². The van der Waals surface area contributed by atoms with Crippen molar-refractivity contribution in [1.82, 2.24) is 5.32 Å². The zero-order chi connectivity index (χ0) is 16.7. The van der Waals surface area contributed by atoms with Gasteiger partial charge in [-0.2, -0.15) is 0 Å². The Bertz CT molecular complexity index is 563. The fourth-order valence-electron chi connectivity index (χ4n) is 1.63. The maximum Gasteiger partial charge on any atom is 0.337 e. The number of hydrogen-bond donors (Lipinski definition) is 3. The number of ether oxygens (including phenoxy) is 1. The minimum Gasteiger partial charge on any atom is -0.465 e. The number of carbonyl (C=O) groups excluding carboxylic acids is 3. The highest BCUT2D eigenvalue weighted by molar-refractivity contribution is 5.97. The largest absolute Gasteiger partial charge is 0.465 e. The fourth-order valence-corrected chi connectivity index (χ4v) is 1.63. The summed E-state index contributed by atoms with van der Waals surface area (Å²) in [4.78, 5) is 34.8. The lowest BCUT2D eigenvalue weighted by molar-refractivity contribution is -0.125. The van der Waals surface area contributed by atoms with E-state index in [4.69, 9.17) is 5.73 Å². The van der Waals surface area contributed by atoms with Gasteiger partial charge in [0.2, 0.25) is 11.8 Å². The van der Waals surface area contributed by atoms with Gasteiger partial charge in [0.25, 0.3) is 0 Å². The summed E-state index contributed by atoms with van der Waals surface area (Å²) >= 11 is 0. The lowest BCUT2D eigenvalue weighted by Gasteiger charge is -2.15. The Morgan fingerprint density at radius 3 is 2.48 bits per heavy atom. The third kappa shape index (κ3) is 6.66. The van der Waals surface area contributed by atoms with Crippen molar-refractivity contribution in [2.75, 3.05) is 19.0 Å². The maximum absolute atomic E-state index is 11.8. The summed E-state index contributed by atoms with van der Waals surface area (Å²) in [6.45, 7) is 3.45. The smallest absolute Gasteiger partial charge is 0.337 e. The van der Waals surface area contributed by atoms with Gasteiger partial charge in [-0.3, -0.25) is 9.59 Å². The van der Waals surface area contributed by atoms with Crippen LogP contribution in [0, 0.1) is 5.92 Å². The van der Waals surface area contributed by atoms with E-state index in [-0.39, 0.29) is 30.8 Å². The second kappa shape index (κ2) is 9.81. The highest BCUT2D eigenvalue weighted by Gasteiger charge is 2.17. The van der Waals surface area contributed by atoms with Crippen LogP contribution >= 0.6 is 12.4 Å². The Hall–Kier alpha value is -2.12. The summed E-state index contributed by atoms with van der Waals surface area (Å²) in [6.07, 6.45) is 0. The molecule has 1 atom stereocenters. The highest BCUT2D eigenvalue weighted by Crippen LogP contribution is 2.11. The molecule has 4 N–H and O–H groups in total. The number of rotatable bonds is 6. The molecule has 0 saturated heterocycles. The Labute approximate surface area is 141 Å². The van der Waals surface area contributed by atoms with E-state index in [1.165, 1.54) is 13.2 Å². The van der Waals surface area contributed by atoms with Gasteiger partial charge in [-0.05, 0) is 24.1 Å². The minimum absolute atomic E-state index is 0. The molecule has 1 aromatic carbocycles. The maximum atomic E-state index is 11.8. The van der Waals surface area contributed by atoms with Crippen molar-refractivity contribution in [2.24, 2.45) is 11.7 Å². The van der Waals surface area contributed by atoms with Crippen molar-refractivity contribution >= 4 is 35.9 Å². The first-order chi connectivity index (χ1) is 10.3. The van der Waals surface area contributed by atoms with Crippen molar-refractivity contribution < 1.29 is 19.1 Å². The second-order valence-electron chi connectivity index (χ2n) is 5.11. The molecule has 0 radical (unpaired) electrons. The van der Waals surface area contributed by atoms with Gasteiger partial charge in [-0.1, -0.05) is 19.9 Å². The molecule has 23 heavy (non-hydrogen) atoms. The number of nitrogens with one attached hydrogen (secondary N) is 2. The molecule has 0 bridgehead atoms. The number of hydrogen-bond acceptors (Lipinski definition) is 5. The first-order valence-electron chi connectivity index (χ1n) is 6.86. The van der Waals surface area contributed by atoms with Crippen LogP contribution in [0.5, 0.6) is 0 Å². The molecule has 0 aliphatic rings. The molecule has 0 fully saturated rings. The number of esters is 1. The van der Waals surface area contributed by atoms with Gasteiger partial charge in [0.05, 0.1) is 25.3 Å². The van der Waals surface area contributed by atoms with E-state index >= 15 is 0 Å². The number of benzene rings is 1. The molecule has 1 aromatic rings. The van der Waals surface area contributed by atoms with Crippen LogP contribution in [-0.4, -0.2) is 37.5 Å². The molecule has 0 unspecified atom stereocenters. The molecule has 0 aliphatic heterocycles. The standard InChI is InChI=1S/C15H21N3O4.ClH/c1-9(2)13(16)14(20)17-8-12(19)18-11-6-4-5-10(7-11)15(21)22-3;/h4-7,9,13H,8,16H2,1-3H3,(H,17,20)(H,18,19);1H/t13-;/m0./s1. The Kier molecular flexibility index (Phi) is 8.90. The van der Waals surface area contributed by atoms with Crippen molar-refractivity contribution in [3.8, 4) is 0 Å². The molecule has 0 aromatic heterocycles. The average Bonchev–Trinajstić information content (AvgIpc) is 2.51. The van der Waals surface area contributed by atoms with E-state index in [2.05, 4.69) is 15.4 Å². The Morgan fingerprint density at radius 1 is 1.26 bits per heavy atom. The van der Waals surface area contributed by atoms with Crippen molar-refractivity contribution in [2.45, 2.75) is 19.9 Å². The van der Waals surface area contributed by atoms with Gasteiger partial charge in [-0.15, -0.1) is 12.4 Å². The molecule has 0 saturated carbocycles. The van der Waals surface area contributed by atoms with E-state index < -0.39 is 17.9 Å². The number of carbonyl (C=O) groups is 3. The van der Waals surface area contributed by atoms with Crippen LogP contribution in [0.4, 0.5) is 5.69 Å². The molecule has 0 spiro atoms. The zero-order valence-electron chi connectivity index (χ0n) is 13.3. The van der Waals surface area contributed by atoms with Gasteiger partial charge in [0.1, 0.15) is 0 Å². The summed E-state index contributed by atoms with van der Waals surface area (Å²) in [6, 6.07) is 5.66. The first-order valence-corrected chi connectivity index (χ1v) is 6.86. The van der Waals surface area contributed by atoms with E-state index in [1.807, 2.05) is 13.8 Å². The lowest BCUT2D eigenvalue weighted by atomic mass is 10.1. The monoisotopic (exact) mass is 343 g/mol. The van der Waals surface area contributed by atoms with E-state index in [9.17, 15) is 14.4 Å². The lowest BCUT2D eigenvalue weighted by Crippen LogP contribution is -2.46. The zero-order valence-corrected chi connectivity index (χ0v) is 14.1. The van der Waals surface area contributed by atoms with Gasteiger partial charge in [0, 0.05) is 5.69 Å². The minimum atomic E-state index is -0.657. The second-order valence-corrected chi connectivity index (χ2v) is 5.11. The van der Waals surface area contributed by atoms with Crippen LogP contribution in [0.25, 0.3) is 0 Å². The molecule has 0 aliphatic carbocycles. The molecule has 2 amide bonds. The predicted octanol–water partition coefficient (Wildman–Crippen LogP) is 0.933. The number of amides is 2. The SMILES string of the molecule is COC(=O)c1cccc(NC(=O)CNC(=O)[C@@H](N)C(C)C)c1.Cl. The molecule has 128 valence electrons. The van der Waals surface area contributed by atoms with E-state index in [0.717, 1.165) is 0 Å². The number of halogens is 1. The van der Waals surface area contributed by atoms with Crippen LogP contribution < -0.4 is 16.4 Å². The third-order valence-electron chi connectivity index (χ3n) is 3.01. The summed E-state index contributed by atoms with van der Waals surface area (Å²) < 4.78 is 4.60. The normalized spacial score (nSPS) is 11.2. The number of nitrogens with two attached hydrogens (primary N) is 1. The van der Waals surface area contributed by atoms with Gasteiger partial charge < -0.3 is 21.1 Å². The molecule has 1 rings (SSSR count). The number of methoxy groups -OCH3 is 1. The molecular formula is C15H22ClN3O4. The predicted molar refractivity (Wildman–Crippen MR) is 89.5 cm³/mol. The highest BCUT2D eigenvalue weighted by atomic mass is 35.5. The molecule has 8 heteroatoms. The topological polar surface area (TPSA) is 111 Å². The van der Waals surface area contributed by atoms with Crippen LogP contribution in [0.1, 0.15) is 24.2 Å². The molecular weight excluding hydrogens is 322 g/mol. The Morgan fingerprint density at radius 2 is 1.91 bits per heavy atom. The first kappa shape index (κ1) is 20.9. The van der Waals surface area contributed by atoms with Gasteiger partial charge >= 0.3 is 5.97 Å². The number of anilines is 1. The van der Waals surface area contributed by atoms with Crippen LogP contribution in [0.2, 0.25) is 0 Å². The fraction of sp³-hybridized carbons (Fsp3) is 0.400. The van der Waals surface area contributed by atoms with Crippen LogP contribution in [0.15, 0.2) is 24.3 Å². The summed E-state index contributed by atoms with van der Waals surface area (Å²) in [7, 11) is 1.28. The average molecular weight is 344 g/mol. The third-order valence-corrected chi connectivity index (χ3v) is 3.01. The summed E-state index contributed by atoms with van der Waals surface area (Å²) in [5, 5.41) is 5.05. The van der Waals surface area contributed by atoms with Crippen LogP contribution in [0.3, 0.4) is 0 Å².